The summed E-state index contributed by atoms with van der Waals surface area (Å²) in [4.78, 5) is 11.5. The summed E-state index contributed by atoms with van der Waals surface area (Å²) in [7, 11) is 0. The average Bonchev–Trinajstić information content (AvgIpc) is 2.88. The second-order valence-electron chi connectivity index (χ2n) is 4.22. The van der Waals surface area contributed by atoms with Crippen LogP contribution in [0.3, 0.4) is 0 Å². The molecular formula is C12H14F2N2O2S. The van der Waals surface area contributed by atoms with Gasteiger partial charge >= 0.3 is 0 Å². The molecule has 0 aliphatic carbocycles. The fourth-order valence-corrected chi connectivity index (χ4v) is 2.90. The zero-order valence-corrected chi connectivity index (χ0v) is 10.9. The molecule has 1 aromatic carbocycles. The summed E-state index contributed by atoms with van der Waals surface area (Å²) in [6.45, 7) is 0. The van der Waals surface area contributed by atoms with E-state index in [0.717, 1.165) is 18.2 Å². The van der Waals surface area contributed by atoms with Crippen molar-refractivity contribution in [3.8, 4) is 0 Å². The lowest BCUT2D eigenvalue weighted by atomic mass is 10.2. The highest BCUT2D eigenvalue weighted by molar-refractivity contribution is 7.99. The topological polar surface area (TPSA) is 64.3 Å². The molecule has 1 amide bonds. The van der Waals surface area contributed by atoms with Gasteiger partial charge < -0.3 is 4.74 Å². The molecule has 2 rings (SSSR count). The van der Waals surface area contributed by atoms with Crippen LogP contribution in [0.2, 0.25) is 0 Å². The molecule has 0 spiro atoms. The van der Waals surface area contributed by atoms with Crippen LogP contribution in [-0.2, 0) is 9.53 Å². The fraction of sp³-hybridized carbons (Fsp3) is 0.417. The third-order valence-corrected chi connectivity index (χ3v) is 4.02. The fourth-order valence-electron chi connectivity index (χ4n) is 1.88. The number of rotatable bonds is 4. The molecule has 1 aromatic rings. The summed E-state index contributed by atoms with van der Waals surface area (Å²) in [5.41, 5.74) is 2.04. The molecule has 0 aromatic heterocycles. The van der Waals surface area contributed by atoms with Gasteiger partial charge in [-0.3, -0.25) is 10.2 Å². The Morgan fingerprint density at radius 3 is 3.00 bits per heavy atom. The minimum Gasteiger partial charge on any atom is -0.364 e. The van der Waals surface area contributed by atoms with E-state index in [1.807, 2.05) is 5.43 Å². The Kier molecular flexibility index (Phi) is 4.73. The number of ether oxygens (including phenoxy) is 1. The van der Waals surface area contributed by atoms with Gasteiger partial charge in [-0.1, -0.05) is 0 Å². The number of carbonyl (C=O) groups is 1. The molecule has 0 bridgehead atoms. The molecule has 4 nitrogen and oxygen atoms in total. The minimum absolute atomic E-state index is 0.157. The Morgan fingerprint density at radius 2 is 2.26 bits per heavy atom. The predicted octanol–water partition coefficient (Wildman–Crippen LogP) is 1.59. The summed E-state index contributed by atoms with van der Waals surface area (Å²) < 4.78 is 31.9. The SMILES string of the molecule is NNC(=O)C1CCC(CSc2cc(F)ccc2F)O1. The summed E-state index contributed by atoms with van der Waals surface area (Å²) in [6, 6.07) is 3.32. The summed E-state index contributed by atoms with van der Waals surface area (Å²) in [5, 5.41) is 0. The lowest BCUT2D eigenvalue weighted by Crippen LogP contribution is -2.39. The summed E-state index contributed by atoms with van der Waals surface area (Å²) in [5.74, 6) is 4.20. The first-order valence-electron chi connectivity index (χ1n) is 5.84. The van der Waals surface area contributed by atoms with Crippen LogP contribution >= 0.6 is 11.8 Å². The molecule has 104 valence electrons. The van der Waals surface area contributed by atoms with E-state index in [9.17, 15) is 13.6 Å². The summed E-state index contributed by atoms with van der Waals surface area (Å²) >= 11 is 1.18. The van der Waals surface area contributed by atoms with E-state index < -0.39 is 17.7 Å². The molecule has 2 unspecified atom stereocenters. The number of nitrogens with one attached hydrogen (secondary N) is 1. The Balaban J connectivity index is 1.87. The van der Waals surface area contributed by atoms with Crippen molar-refractivity contribution in [3.63, 3.8) is 0 Å². The molecule has 0 saturated carbocycles. The highest BCUT2D eigenvalue weighted by atomic mass is 32.2. The number of halogens is 2. The molecule has 1 aliphatic heterocycles. The molecular weight excluding hydrogens is 274 g/mol. The lowest BCUT2D eigenvalue weighted by molar-refractivity contribution is -0.131. The maximum Gasteiger partial charge on any atom is 0.263 e. The third kappa shape index (κ3) is 3.65. The van der Waals surface area contributed by atoms with Gasteiger partial charge in [-0.15, -0.1) is 11.8 Å². The van der Waals surface area contributed by atoms with E-state index in [-0.39, 0.29) is 16.9 Å². The smallest absolute Gasteiger partial charge is 0.263 e. The van der Waals surface area contributed by atoms with Crippen LogP contribution in [-0.4, -0.2) is 23.9 Å². The second kappa shape index (κ2) is 6.31. The van der Waals surface area contributed by atoms with Gasteiger partial charge in [-0.2, -0.15) is 0 Å². The zero-order valence-electron chi connectivity index (χ0n) is 10.1. The van der Waals surface area contributed by atoms with E-state index in [2.05, 4.69) is 0 Å². The van der Waals surface area contributed by atoms with Crippen LogP contribution in [0.15, 0.2) is 23.1 Å². The number of carbonyl (C=O) groups excluding carboxylic acids is 1. The van der Waals surface area contributed by atoms with Crippen molar-refractivity contribution < 1.29 is 18.3 Å². The minimum atomic E-state index is -0.548. The van der Waals surface area contributed by atoms with E-state index in [1.165, 1.54) is 11.8 Å². The molecule has 1 saturated heterocycles. The predicted molar refractivity (Wildman–Crippen MR) is 67.3 cm³/mol. The molecule has 2 atom stereocenters. The quantitative estimate of drug-likeness (QED) is 0.382. The normalized spacial score (nSPS) is 22.5. The Hall–Kier alpha value is -1.18. The first kappa shape index (κ1) is 14.2. The molecule has 7 heteroatoms. The maximum atomic E-state index is 13.4. The lowest BCUT2D eigenvalue weighted by Gasteiger charge is -2.12. The van der Waals surface area contributed by atoms with Gasteiger partial charge in [0.05, 0.1) is 6.10 Å². The van der Waals surface area contributed by atoms with Crippen LogP contribution in [0.1, 0.15) is 12.8 Å². The monoisotopic (exact) mass is 288 g/mol. The van der Waals surface area contributed by atoms with Crippen molar-refractivity contribution >= 4 is 17.7 Å². The zero-order chi connectivity index (χ0) is 13.8. The Labute approximate surface area is 113 Å². The molecule has 3 N–H and O–H groups in total. The van der Waals surface area contributed by atoms with Crippen LogP contribution < -0.4 is 11.3 Å². The van der Waals surface area contributed by atoms with Crippen molar-refractivity contribution in [3.05, 3.63) is 29.8 Å². The number of benzene rings is 1. The molecule has 1 heterocycles. The Bertz CT molecular complexity index is 473. The van der Waals surface area contributed by atoms with Crippen LogP contribution in [0.5, 0.6) is 0 Å². The highest BCUT2D eigenvalue weighted by Crippen LogP contribution is 2.28. The maximum absolute atomic E-state index is 13.4. The van der Waals surface area contributed by atoms with Crippen molar-refractivity contribution in [2.75, 3.05) is 5.75 Å². The number of hydrogen-bond donors (Lipinski definition) is 2. The van der Waals surface area contributed by atoms with Gasteiger partial charge in [0, 0.05) is 10.6 Å². The van der Waals surface area contributed by atoms with Crippen LogP contribution in [0, 0.1) is 11.6 Å². The molecule has 1 aliphatic rings. The van der Waals surface area contributed by atoms with Gasteiger partial charge in [0.2, 0.25) is 0 Å². The van der Waals surface area contributed by atoms with Crippen molar-refractivity contribution in [1.29, 1.82) is 0 Å². The van der Waals surface area contributed by atoms with Crippen molar-refractivity contribution in [1.82, 2.24) is 5.43 Å². The van der Waals surface area contributed by atoms with Gasteiger partial charge in [0.1, 0.15) is 17.7 Å². The first-order valence-corrected chi connectivity index (χ1v) is 6.82. The molecule has 19 heavy (non-hydrogen) atoms. The van der Waals surface area contributed by atoms with E-state index in [1.54, 1.807) is 0 Å². The largest absolute Gasteiger partial charge is 0.364 e. The van der Waals surface area contributed by atoms with E-state index in [0.29, 0.717) is 18.6 Å². The average molecular weight is 288 g/mol. The number of hydrazine groups is 1. The standard InChI is InChI=1S/C12H14F2N2O2S/c13-7-1-3-9(14)11(5-7)19-6-8-2-4-10(18-8)12(17)16-15/h1,3,5,8,10H,2,4,6,15H2,(H,16,17). The Morgan fingerprint density at radius 1 is 1.47 bits per heavy atom. The second-order valence-corrected chi connectivity index (χ2v) is 5.28. The van der Waals surface area contributed by atoms with E-state index in [4.69, 9.17) is 10.6 Å². The van der Waals surface area contributed by atoms with Crippen LogP contribution in [0.25, 0.3) is 0 Å². The van der Waals surface area contributed by atoms with Gasteiger partial charge in [-0.25, -0.2) is 14.6 Å². The summed E-state index contributed by atoms with van der Waals surface area (Å²) in [6.07, 6.45) is 0.574. The van der Waals surface area contributed by atoms with Crippen molar-refractivity contribution in [2.45, 2.75) is 29.9 Å². The number of hydrogen-bond acceptors (Lipinski definition) is 4. The molecule has 1 fully saturated rings. The van der Waals surface area contributed by atoms with E-state index >= 15 is 0 Å². The van der Waals surface area contributed by atoms with Crippen LogP contribution in [0.4, 0.5) is 8.78 Å². The van der Waals surface area contributed by atoms with Gasteiger partial charge in [-0.05, 0) is 31.0 Å². The number of thioether (sulfide) groups is 1. The van der Waals surface area contributed by atoms with Gasteiger partial charge in [0.25, 0.3) is 5.91 Å². The third-order valence-electron chi connectivity index (χ3n) is 2.86. The molecule has 0 radical (unpaired) electrons. The number of nitrogens with two attached hydrogens (primary N) is 1. The van der Waals surface area contributed by atoms with Crippen molar-refractivity contribution in [2.24, 2.45) is 5.84 Å². The van der Waals surface area contributed by atoms with Gasteiger partial charge in [0.15, 0.2) is 0 Å². The highest BCUT2D eigenvalue weighted by Gasteiger charge is 2.30. The number of amides is 1. The first-order chi connectivity index (χ1) is 9.10.